The Bertz CT molecular complexity index is 545. The van der Waals surface area contributed by atoms with E-state index in [4.69, 9.17) is 5.73 Å². The van der Waals surface area contributed by atoms with Crippen LogP contribution in [-0.4, -0.2) is 19.4 Å². The Morgan fingerprint density at radius 3 is 2.74 bits per heavy atom. The molecular formula is C13H21N3O2S. The number of nitrogens with two attached hydrogens (primary N) is 1. The van der Waals surface area contributed by atoms with Crippen LogP contribution in [0.5, 0.6) is 0 Å². The van der Waals surface area contributed by atoms with Gasteiger partial charge in [-0.3, -0.25) is 0 Å². The highest BCUT2D eigenvalue weighted by Crippen LogP contribution is 2.29. The topological polar surface area (TPSA) is 85.1 Å². The van der Waals surface area contributed by atoms with Gasteiger partial charge in [0, 0.05) is 12.2 Å². The summed E-state index contributed by atoms with van der Waals surface area (Å²) in [7, 11) is -3.63. The third-order valence-electron chi connectivity index (χ3n) is 3.79. The zero-order valence-electron chi connectivity index (χ0n) is 11.3. The first-order valence-electron chi connectivity index (χ1n) is 6.63. The molecule has 1 aliphatic carbocycles. The van der Waals surface area contributed by atoms with Crippen LogP contribution < -0.4 is 10.5 Å². The van der Waals surface area contributed by atoms with Crippen molar-refractivity contribution in [3.63, 3.8) is 0 Å². The third kappa shape index (κ3) is 3.25. The van der Waals surface area contributed by atoms with E-state index in [2.05, 4.69) is 23.6 Å². The van der Waals surface area contributed by atoms with Crippen LogP contribution in [0.3, 0.4) is 0 Å². The molecule has 1 aromatic heterocycles. The minimum absolute atomic E-state index is 0.0254. The Morgan fingerprint density at radius 2 is 2.11 bits per heavy atom. The second-order valence-electron chi connectivity index (χ2n) is 5.52. The normalized spacial score (nSPS) is 28.2. The minimum Gasteiger partial charge on any atom is -0.396 e. The quantitative estimate of drug-likeness (QED) is 0.885. The molecule has 106 valence electrons. The molecule has 0 radical (unpaired) electrons. The van der Waals surface area contributed by atoms with Crippen LogP contribution in [0, 0.1) is 11.8 Å². The first-order chi connectivity index (χ1) is 8.90. The van der Waals surface area contributed by atoms with Gasteiger partial charge in [0.1, 0.15) is 0 Å². The number of rotatable bonds is 3. The Morgan fingerprint density at radius 1 is 1.37 bits per heavy atom. The summed E-state index contributed by atoms with van der Waals surface area (Å²) in [6, 6.07) is 3.15. The highest BCUT2D eigenvalue weighted by molar-refractivity contribution is 7.89. The Balaban J connectivity index is 2.16. The highest BCUT2D eigenvalue weighted by Gasteiger charge is 2.30. The van der Waals surface area contributed by atoms with Crippen molar-refractivity contribution in [2.45, 2.75) is 44.2 Å². The van der Waals surface area contributed by atoms with Crippen molar-refractivity contribution in [1.29, 1.82) is 0 Å². The summed E-state index contributed by atoms with van der Waals surface area (Å²) in [5.74, 6) is 0.999. The number of sulfonamides is 1. The lowest BCUT2D eigenvalue weighted by atomic mass is 9.80. The maximum absolute atomic E-state index is 12.3. The average molecular weight is 283 g/mol. The van der Waals surface area contributed by atoms with E-state index in [1.807, 2.05) is 0 Å². The number of pyridine rings is 1. The van der Waals surface area contributed by atoms with E-state index in [0.717, 1.165) is 19.3 Å². The SMILES string of the molecule is CC1CCC(NS(=O)(=O)c2ncccc2N)C(C)C1. The van der Waals surface area contributed by atoms with E-state index in [9.17, 15) is 8.42 Å². The molecule has 19 heavy (non-hydrogen) atoms. The summed E-state index contributed by atoms with van der Waals surface area (Å²) in [5.41, 5.74) is 5.87. The lowest BCUT2D eigenvalue weighted by Crippen LogP contribution is -2.42. The Hall–Kier alpha value is -1.14. The Kier molecular flexibility index (Phi) is 4.10. The van der Waals surface area contributed by atoms with E-state index >= 15 is 0 Å². The smallest absolute Gasteiger partial charge is 0.260 e. The highest BCUT2D eigenvalue weighted by atomic mass is 32.2. The van der Waals surface area contributed by atoms with Crippen molar-refractivity contribution in [3.05, 3.63) is 18.3 Å². The fraction of sp³-hybridized carbons (Fsp3) is 0.615. The summed E-state index contributed by atoms with van der Waals surface area (Å²) in [6.07, 6.45) is 4.41. The molecule has 1 heterocycles. The number of anilines is 1. The summed E-state index contributed by atoms with van der Waals surface area (Å²) in [4.78, 5) is 3.88. The lowest BCUT2D eigenvalue weighted by molar-refractivity contribution is 0.249. The standard InChI is InChI=1S/C13H21N3O2S/c1-9-5-6-12(10(2)8-9)16-19(17,18)13-11(14)4-3-7-15-13/h3-4,7,9-10,12,16H,5-6,8,14H2,1-2H3. The molecule has 1 aliphatic rings. The van der Waals surface area contributed by atoms with E-state index in [1.54, 1.807) is 12.1 Å². The van der Waals surface area contributed by atoms with Gasteiger partial charge in [0.15, 0.2) is 5.03 Å². The van der Waals surface area contributed by atoms with Crippen molar-refractivity contribution in [2.75, 3.05) is 5.73 Å². The Labute approximate surface area is 114 Å². The molecule has 3 N–H and O–H groups in total. The molecule has 0 aromatic carbocycles. The van der Waals surface area contributed by atoms with E-state index in [0.29, 0.717) is 11.8 Å². The summed E-state index contributed by atoms with van der Waals surface area (Å²) in [6.45, 7) is 4.29. The lowest BCUT2D eigenvalue weighted by Gasteiger charge is -2.32. The first kappa shape index (κ1) is 14.3. The number of nitrogen functional groups attached to an aromatic ring is 1. The molecule has 1 aromatic rings. The predicted molar refractivity (Wildman–Crippen MR) is 74.9 cm³/mol. The van der Waals surface area contributed by atoms with Crippen LogP contribution in [0.25, 0.3) is 0 Å². The fourth-order valence-corrected chi connectivity index (χ4v) is 4.16. The summed E-state index contributed by atoms with van der Waals surface area (Å²) in [5, 5.41) is -0.0687. The third-order valence-corrected chi connectivity index (χ3v) is 5.26. The number of hydrogen-bond donors (Lipinski definition) is 2. The molecule has 3 atom stereocenters. The molecule has 0 amide bonds. The van der Waals surface area contributed by atoms with Crippen LogP contribution >= 0.6 is 0 Å². The van der Waals surface area contributed by atoms with Crippen LogP contribution in [0.1, 0.15) is 33.1 Å². The van der Waals surface area contributed by atoms with Crippen molar-refractivity contribution in [2.24, 2.45) is 11.8 Å². The molecule has 1 saturated carbocycles. The van der Waals surface area contributed by atoms with Gasteiger partial charge in [-0.1, -0.05) is 13.8 Å². The number of aromatic nitrogens is 1. The number of nitrogens with zero attached hydrogens (tertiary/aromatic N) is 1. The first-order valence-corrected chi connectivity index (χ1v) is 8.11. The monoisotopic (exact) mass is 283 g/mol. The zero-order chi connectivity index (χ0) is 14.0. The largest absolute Gasteiger partial charge is 0.396 e. The van der Waals surface area contributed by atoms with Gasteiger partial charge in [-0.05, 0) is 43.2 Å². The van der Waals surface area contributed by atoms with Crippen LogP contribution in [0.4, 0.5) is 5.69 Å². The molecule has 0 spiro atoms. The van der Waals surface area contributed by atoms with Crippen molar-refractivity contribution < 1.29 is 8.42 Å². The molecule has 0 saturated heterocycles. The van der Waals surface area contributed by atoms with Crippen LogP contribution in [0.2, 0.25) is 0 Å². The zero-order valence-corrected chi connectivity index (χ0v) is 12.2. The van der Waals surface area contributed by atoms with E-state index < -0.39 is 10.0 Å². The molecule has 6 heteroatoms. The molecular weight excluding hydrogens is 262 g/mol. The van der Waals surface area contributed by atoms with Crippen molar-refractivity contribution in [3.8, 4) is 0 Å². The molecule has 5 nitrogen and oxygen atoms in total. The van der Waals surface area contributed by atoms with Gasteiger partial charge >= 0.3 is 0 Å². The van der Waals surface area contributed by atoms with Gasteiger partial charge in [-0.2, -0.15) is 0 Å². The van der Waals surface area contributed by atoms with Crippen molar-refractivity contribution >= 4 is 15.7 Å². The molecule has 1 fully saturated rings. The summed E-state index contributed by atoms with van der Waals surface area (Å²) < 4.78 is 27.3. The van der Waals surface area contributed by atoms with Crippen LogP contribution in [0.15, 0.2) is 23.4 Å². The van der Waals surface area contributed by atoms with Crippen molar-refractivity contribution in [1.82, 2.24) is 9.71 Å². The number of hydrogen-bond acceptors (Lipinski definition) is 4. The average Bonchev–Trinajstić information content (AvgIpc) is 2.33. The van der Waals surface area contributed by atoms with Crippen LogP contribution in [-0.2, 0) is 10.0 Å². The van der Waals surface area contributed by atoms with E-state index in [-0.39, 0.29) is 16.8 Å². The van der Waals surface area contributed by atoms with Gasteiger partial charge in [0.05, 0.1) is 5.69 Å². The summed E-state index contributed by atoms with van der Waals surface area (Å²) >= 11 is 0. The second kappa shape index (κ2) is 5.46. The number of nitrogens with one attached hydrogen (secondary N) is 1. The van der Waals surface area contributed by atoms with Gasteiger partial charge in [0.2, 0.25) is 0 Å². The van der Waals surface area contributed by atoms with Gasteiger partial charge < -0.3 is 5.73 Å². The molecule has 3 unspecified atom stereocenters. The van der Waals surface area contributed by atoms with E-state index in [1.165, 1.54) is 6.20 Å². The minimum atomic E-state index is -3.63. The van der Waals surface area contributed by atoms with Gasteiger partial charge in [0.25, 0.3) is 10.0 Å². The molecule has 0 aliphatic heterocycles. The maximum Gasteiger partial charge on any atom is 0.260 e. The van der Waals surface area contributed by atoms with Gasteiger partial charge in [-0.15, -0.1) is 0 Å². The molecule has 2 rings (SSSR count). The van der Waals surface area contributed by atoms with Gasteiger partial charge in [-0.25, -0.2) is 18.1 Å². The second-order valence-corrected chi connectivity index (χ2v) is 7.15. The molecule has 0 bridgehead atoms. The fourth-order valence-electron chi connectivity index (χ4n) is 2.72. The maximum atomic E-state index is 12.3. The predicted octanol–water partition coefficient (Wildman–Crippen LogP) is 1.77.